The largest absolute Gasteiger partial charge is 0.493 e. The molecule has 198 valence electrons. The highest BCUT2D eigenvalue weighted by atomic mass is 35.5. The molecule has 1 heterocycles. The van der Waals surface area contributed by atoms with Crippen LogP contribution in [-0.4, -0.2) is 31.2 Å². The van der Waals surface area contributed by atoms with Gasteiger partial charge in [-0.1, -0.05) is 23.7 Å². The molecule has 0 bridgehead atoms. The number of nitrogens with one attached hydrogen (secondary N) is 2. The zero-order chi connectivity index (χ0) is 27.0. The third-order valence-corrected chi connectivity index (χ3v) is 7.88. The Balaban J connectivity index is 1.45. The Morgan fingerprint density at radius 1 is 1.03 bits per heavy atom. The standard InChI is InChI=1S/C30H31ClN2O5/c1-16-7-4-8-20(17(16)2)33-26(36)15-38-30-19(31)13-18(14-25(30)37-3)27-28-21(9-5-11-23(28)34)32-22-10-6-12-24(35)29(22)27/h4,7-8,13-14,27,32H,5-6,9-12,15H2,1-3H3,(H,33,36). The predicted molar refractivity (Wildman–Crippen MR) is 146 cm³/mol. The summed E-state index contributed by atoms with van der Waals surface area (Å²) in [6.45, 7) is 3.66. The number of methoxy groups -OCH3 is 1. The Morgan fingerprint density at radius 2 is 1.68 bits per heavy atom. The van der Waals surface area contributed by atoms with E-state index in [1.54, 1.807) is 12.1 Å². The number of rotatable bonds is 6. The molecule has 0 unspecified atom stereocenters. The molecule has 0 radical (unpaired) electrons. The van der Waals surface area contributed by atoms with Crippen molar-refractivity contribution < 1.29 is 23.9 Å². The van der Waals surface area contributed by atoms with E-state index in [4.69, 9.17) is 21.1 Å². The van der Waals surface area contributed by atoms with Crippen LogP contribution in [0.2, 0.25) is 5.02 Å². The summed E-state index contributed by atoms with van der Waals surface area (Å²) in [6.07, 6.45) is 4.02. The summed E-state index contributed by atoms with van der Waals surface area (Å²) < 4.78 is 11.4. The maximum Gasteiger partial charge on any atom is 0.262 e. The summed E-state index contributed by atoms with van der Waals surface area (Å²) in [4.78, 5) is 38.9. The summed E-state index contributed by atoms with van der Waals surface area (Å²) in [5, 5.41) is 6.53. The van der Waals surface area contributed by atoms with Gasteiger partial charge in [0.2, 0.25) is 0 Å². The van der Waals surface area contributed by atoms with Crippen molar-refractivity contribution in [3.8, 4) is 11.5 Å². The molecule has 38 heavy (non-hydrogen) atoms. The molecule has 1 amide bonds. The summed E-state index contributed by atoms with van der Waals surface area (Å²) in [7, 11) is 1.49. The van der Waals surface area contributed by atoms with E-state index in [2.05, 4.69) is 10.6 Å². The fourth-order valence-corrected chi connectivity index (χ4v) is 5.85. The Hall–Kier alpha value is -3.58. The van der Waals surface area contributed by atoms with Gasteiger partial charge in [-0.2, -0.15) is 0 Å². The fraction of sp³-hybridized carbons (Fsp3) is 0.367. The van der Waals surface area contributed by atoms with Gasteiger partial charge in [-0.15, -0.1) is 0 Å². The third-order valence-electron chi connectivity index (χ3n) is 7.60. The molecule has 2 N–H and O–H groups in total. The van der Waals surface area contributed by atoms with Crippen LogP contribution in [0.25, 0.3) is 0 Å². The van der Waals surface area contributed by atoms with E-state index in [0.29, 0.717) is 35.3 Å². The zero-order valence-corrected chi connectivity index (χ0v) is 22.6. The first-order valence-corrected chi connectivity index (χ1v) is 13.3. The molecule has 2 aromatic rings. The van der Waals surface area contributed by atoms with Gasteiger partial charge >= 0.3 is 0 Å². The maximum atomic E-state index is 13.1. The second-order valence-corrected chi connectivity index (χ2v) is 10.4. The number of carbonyl (C=O) groups is 3. The minimum absolute atomic E-state index is 0.0483. The summed E-state index contributed by atoms with van der Waals surface area (Å²) >= 11 is 6.69. The van der Waals surface area contributed by atoms with E-state index in [-0.39, 0.29) is 34.9 Å². The number of Topliss-reactive ketones (excluding diaryl/α,β-unsaturated/α-hetero) is 2. The number of amides is 1. The molecule has 0 saturated heterocycles. The van der Waals surface area contributed by atoms with Crippen LogP contribution in [0.4, 0.5) is 5.69 Å². The van der Waals surface area contributed by atoms with Crippen LogP contribution in [0.5, 0.6) is 11.5 Å². The van der Waals surface area contributed by atoms with Gasteiger partial charge in [0, 0.05) is 47.0 Å². The lowest BCUT2D eigenvalue weighted by atomic mass is 9.71. The average molecular weight is 535 g/mol. The molecular formula is C30H31ClN2O5. The molecule has 7 nitrogen and oxygen atoms in total. The van der Waals surface area contributed by atoms with E-state index >= 15 is 0 Å². The van der Waals surface area contributed by atoms with Crippen LogP contribution in [0, 0.1) is 13.8 Å². The number of hydrogen-bond acceptors (Lipinski definition) is 6. The van der Waals surface area contributed by atoms with Gasteiger partial charge in [0.1, 0.15) is 0 Å². The zero-order valence-electron chi connectivity index (χ0n) is 21.8. The number of halogens is 1. The number of ketones is 2. The van der Waals surface area contributed by atoms with Crippen LogP contribution in [-0.2, 0) is 14.4 Å². The average Bonchev–Trinajstić information content (AvgIpc) is 2.89. The minimum atomic E-state index is -0.505. The minimum Gasteiger partial charge on any atom is -0.493 e. The quantitative estimate of drug-likeness (QED) is 0.495. The SMILES string of the molecule is COc1cc(C2C3=C(CCCC3=O)NC3=C2C(=O)CCC3)cc(Cl)c1OCC(=O)Nc1cccc(C)c1C. The van der Waals surface area contributed by atoms with Crippen molar-refractivity contribution in [2.75, 3.05) is 19.0 Å². The maximum absolute atomic E-state index is 13.1. The number of carbonyl (C=O) groups excluding carboxylic acids is 3. The molecule has 0 aromatic heterocycles. The summed E-state index contributed by atoms with van der Waals surface area (Å²) in [5.74, 6) is -0.170. The lowest BCUT2D eigenvalue weighted by Gasteiger charge is -2.37. The highest BCUT2D eigenvalue weighted by Gasteiger charge is 2.40. The first kappa shape index (κ1) is 26.0. The van der Waals surface area contributed by atoms with Crippen LogP contribution < -0.4 is 20.1 Å². The number of allylic oxidation sites excluding steroid dienone is 4. The first-order valence-electron chi connectivity index (χ1n) is 12.9. The molecule has 2 aliphatic carbocycles. The second kappa shape index (κ2) is 10.7. The first-order chi connectivity index (χ1) is 18.3. The fourth-order valence-electron chi connectivity index (χ4n) is 5.57. The number of benzene rings is 2. The highest BCUT2D eigenvalue weighted by Crippen LogP contribution is 2.48. The highest BCUT2D eigenvalue weighted by molar-refractivity contribution is 6.32. The molecule has 2 aromatic carbocycles. The van der Waals surface area contributed by atoms with E-state index in [1.807, 2.05) is 32.0 Å². The molecule has 1 aliphatic heterocycles. The van der Waals surface area contributed by atoms with Crippen molar-refractivity contribution in [3.05, 3.63) is 74.6 Å². The smallest absolute Gasteiger partial charge is 0.262 e. The molecule has 3 aliphatic rings. The van der Waals surface area contributed by atoms with Gasteiger partial charge in [-0.3, -0.25) is 14.4 Å². The molecule has 0 fully saturated rings. The van der Waals surface area contributed by atoms with E-state index in [9.17, 15) is 14.4 Å². The Bertz CT molecular complexity index is 1370. The van der Waals surface area contributed by atoms with Crippen LogP contribution in [0.15, 0.2) is 52.9 Å². The number of aryl methyl sites for hydroxylation is 1. The van der Waals surface area contributed by atoms with Gasteiger partial charge in [0.25, 0.3) is 5.91 Å². The molecule has 0 atom stereocenters. The van der Waals surface area contributed by atoms with Crippen molar-refractivity contribution >= 4 is 34.8 Å². The number of ether oxygens (including phenoxy) is 2. The monoisotopic (exact) mass is 534 g/mol. The molecule has 0 saturated carbocycles. The summed E-state index contributed by atoms with van der Waals surface area (Å²) in [5.41, 5.74) is 6.57. The summed E-state index contributed by atoms with van der Waals surface area (Å²) in [6, 6.07) is 9.19. The second-order valence-electron chi connectivity index (χ2n) is 10.0. The molecule has 8 heteroatoms. The normalized spacial score (nSPS) is 17.6. The van der Waals surface area contributed by atoms with Crippen LogP contribution >= 0.6 is 11.6 Å². The Kier molecular flexibility index (Phi) is 7.30. The topological polar surface area (TPSA) is 93.7 Å². The number of anilines is 1. The predicted octanol–water partition coefficient (Wildman–Crippen LogP) is 5.68. The lowest BCUT2D eigenvalue weighted by Crippen LogP contribution is -2.36. The van der Waals surface area contributed by atoms with Crippen molar-refractivity contribution in [1.29, 1.82) is 0 Å². The Morgan fingerprint density at radius 3 is 2.32 bits per heavy atom. The van der Waals surface area contributed by atoms with Gasteiger partial charge < -0.3 is 20.1 Å². The van der Waals surface area contributed by atoms with Crippen molar-refractivity contribution in [3.63, 3.8) is 0 Å². The lowest BCUT2D eigenvalue weighted by molar-refractivity contribution is -0.118. The molecule has 5 rings (SSSR count). The Labute approximate surface area is 227 Å². The van der Waals surface area contributed by atoms with E-state index in [0.717, 1.165) is 53.9 Å². The van der Waals surface area contributed by atoms with Crippen molar-refractivity contribution in [2.24, 2.45) is 0 Å². The van der Waals surface area contributed by atoms with Crippen molar-refractivity contribution in [2.45, 2.75) is 58.3 Å². The third kappa shape index (κ3) is 4.83. The molecular weight excluding hydrogens is 504 g/mol. The van der Waals surface area contributed by atoms with Crippen LogP contribution in [0.3, 0.4) is 0 Å². The van der Waals surface area contributed by atoms with Gasteiger partial charge in [-0.25, -0.2) is 0 Å². The van der Waals surface area contributed by atoms with Crippen molar-refractivity contribution in [1.82, 2.24) is 5.32 Å². The van der Waals surface area contributed by atoms with E-state index in [1.165, 1.54) is 7.11 Å². The molecule has 0 spiro atoms. The number of dihydropyridines is 1. The van der Waals surface area contributed by atoms with E-state index < -0.39 is 5.92 Å². The van der Waals surface area contributed by atoms with Crippen LogP contribution in [0.1, 0.15) is 61.1 Å². The van der Waals surface area contributed by atoms with Gasteiger partial charge in [0.15, 0.2) is 29.7 Å². The van der Waals surface area contributed by atoms with Gasteiger partial charge in [0.05, 0.1) is 12.1 Å². The van der Waals surface area contributed by atoms with Gasteiger partial charge in [-0.05, 0) is 74.4 Å². The number of hydrogen-bond donors (Lipinski definition) is 2.